The molecule has 0 aromatic heterocycles. The van der Waals surface area contributed by atoms with Gasteiger partial charge in [0.2, 0.25) is 0 Å². The zero-order valence-corrected chi connectivity index (χ0v) is 7.93. The first-order chi connectivity index (χ1) is 6.52. The van der Waals surface area contributed by atoms with E-state index in [-0.39, 0.29) is 6.54 Å². The Morgan fingerprint density at radius 2 is 2.14 bits per heavy atom. The van der Waals surface area contributed by atoms with E-state index in [0.29, 0.717) is 13.1 Å². The summed E-state index contributed by atoms with van der Waals surface area (Å²) in [4.78, 5) is 23.0. The van der Waals surface area contributed by atoms with Gasteiger partial charge in [-0.25, -0.2) is 0 Å². The highest BCUT2D eigenvalue weighted by atomic mass is 16.4. The summed E-state index contributed by atoms with van der Waals surface area (Å²) in [6.45, 7) is 2.88. The highest BCUT2D eigenvalue weighted by Crippen LogP contribution is 2.05. The molecule has 0 radical (unpaired) electrons. The van der Waals surface area contributed by atoms with Crippen molar-refractivity contribution in [3.05, 3.63) is 0 Å². The summed E-state index contributed by atoms with van der Waals surface area (Å²) in [6, 6.07) is -1.29. The van der Waals surface area contributed by atoms with E-state index in [1.807, 2.05) is 0 Å². The number of nitrogens with one attached hydrogen (secondary N) is 1. The van der Waals surface area contributed by atoms with Gasteiger partial charge in [0, 0.05) is 19.6 Å². The van der Waals surface area contributed by atoms with E-state index in [0.717, 1.165) is 0 Å². The number of aliphatic carboxylic acids is 2. The third-order valence-electron chi connectivity index (χ3n) is 2.41. The normalized spacial score (nSPS) is 25.6. The number of hydrogen-bond acceptors (Lipinski definition) is 4. The molecule has 6 nitrogen and oxygen atoms in total. The molecule has 0 amide bonds. The molecule has 0 saturated carbocycles. The van der Waals surface area contributed by atoms with Gasteiger partial charge in [0.25, 0.3) is 0 Å². The van der Waals surface area contributed by atoms with Crippen LogP contribution in [0.5, 0.6) is 0 Å². The first-order valence-corrected chi connectivity index (χ1v) is 4.45. The fourth-order valence-corrected chi connectivity index (χ4v) is 1.45. The van der Waals surface area contributed by atoms with Crippen LogP contribution in [0.4, 0.5) is 0 Å². The third-order valence-corrected chi connectivity index (χ3v) is 2.41. The number of carboxylic acids is 2. The molecule has 1 fully saturated rings. The molecular formula is C8H14N2O4. The van der Waals surface area contributed by atoms with Crippen LogP contribution >= 0.6 is 0 Å². The largest absolute Gasteiger partial charge is 0.480 e. The Labute approximate surface area is 81.5 Å². The van der Waals surface area contributed by atoms with E-state index in [4.69, 9.17) is 10.2 Å². The molecule has 6 heteroatoms. The molecule has 1 aliphatic heterocycles. The van der Waals surface area contributed by atoms with Gasteiger partial charge in [0.05, 0.1) is 0 Å². The Balaban J connectivity index is 2.55. The Kier molecular flexibility index (Phi) is 3.43. The molecule has 0 aromatic rings. The zero-order chi connectivity index (χ0) is 10.7. The van der Waals surface area contributed by atoms with Crippen molar-refractivity contribution in [3.8, 4) is 0 Å². The smallest absolute Gasteiger partial charge is 0.322 e. The second-order valence-corrected chi connectivity index (χ2v) is 3.35. The van der Waals surface area contributed by atoms with Crippen molar-refractivity contribution in [1.29, 1.82) is 0 Å². The van der Waals surface area contributed by atoms with Gasteiger partial charge in [-0.15, -0.1) is 0 Å². The minimum Gasteiger partial charge on any atom is -0.480 e. The van der Waals surface area contributed by atoms with Crippen molar-refractivity contribution in [1.82, 2.24) is 10.2 Å². The topological polar surface area (TPSA) is 89.9 Å². The number of hydrogen-bond donors (Lipinski definition) is 3. The fourth-order valence-electron chi connectivity index (χ4n) is 1.45. The summed E-state index contributed by atoms with van der Waals surface area (Å²) < 4.78 is 0. The minimum absolute atomic E-state index is 0.239. The molecule has 1 saturated heterocycles. The lowest BCUT2D eigenvalue weighted by atomic mass is 10.1. The summed E-state index contributed by atoms with van der Waals surface area (Å²) in [5.41, 5.74) is 0. The van der Waals surface area contributed by atoms with Crippen molar-refractivity contribution in [2.75, 3.05) is 19.6 Å². The van der Waals surface area contributed by atoms with Gasteiger partial charge in [-0.2, -0.15) is 0 Å². The molecule has 0 aromatic carbocycles. The van der Waals surface area contributed by atoms with Crippen LogP contribution in [0, 0.1) is 0 Å². The SMILES string of the molecule is CC(C(=O)O)N1CCNC(C(=O)O)C1. The maximum Gasteiger partial charge on any atom is 0.322 e. The van der Waals surface area contributed by atoms with Crippen LogP contribution in [-0.4, -0.2) is 58.8 Å². The van der Waals surface area contributed by atoms with Crippen molar-refractivity contribution in [2.24, 2.45) is 0 Å². The number of rotatable bonds is 3. The molecular weight excluding hydrogens is 188 g/mol. The lowest BCUT2D eigenvalue weighted by molar-refractivity contribution is -0.146. The molecule has 0 spiro atoms. The van der Waals surface area contributed by atoms with Gasteiger partial charge in [-0.3, -0.25) is 14.5 Å². The van der Waals surface area contributed by atoms with Crippen molar-refractivity contribution in [3.63, 3.8) is 0 Å². The van der Waals surface area contributed by atoms with E-state index in [1.54, 1.807) is 11.8 Å². The van der Waals surface area contributed by atoms with Crippen molar-refractivity contribution in [2.45, 2.75) is 19.0 Å². The molecule has 80 valence electrons. The van der Waals surface area contributed by atoms with Gasteiger partial charge in [-0.05, 0) is 6.92 Å². The van der Waals surface area contributed by atoms with Crippen LogP contribution in [0.1, 0.15) is 6.92 Å². The molecule has 2 atom stereocenters. The molecule has 0 aliphatic carbocycles. The standard InChI is InChI=1S/C8H14N2O4/c1-5(7(11)12)10-3-2-9-6(4-10)8(13)14/h5-6,9H,2-4H2,1H3,(H,11,12)(H,13,14). The minimum atomic E-state index is -0.938. The Morgan fingerprint density at radius 1 is 1.50 bits per heavy atom. The van der Waals surface area contributed by atoms with Crippen molar-refractivity contribution < 1.29 is 19.8 Å². The van der Waals surface area contributed by atoms with Crippen LogP contribution in [0.15, 0.2) is 0 Å². The lowest BCUT2D eigenvalue weighted by Gasteiger charge is -2.33. The molecule has 0 bridgehead atoms. The van der Waals surface area contributed by atoms with Gasteiger partial charge < -0.3 is 15.5 Å². The average molecular weight is 202 g/mol. The maximum absolute atomic E-state index is 10.7. The highest BCUT2D eigenvalue weighted by Gasteiger charge is 2.29. The fraction of sp³-hybridized carbons (Fsp3) is 0.750. The summed E-state index contributed by atoms with van der Waals surface area (Å²) in [5, 5.41) is 20.3. The Morgan fingerprint density at radius 3 is 2.64 bits per heavy atom. The number of carboxylic acid groups (broad SMARTS) is 2. The zero-order valence-electron chi connectivity index (χ0n) is 7.93. The Bertz CT molecular complexity index is 231. The summed E-state index contributed by atoms with van der Waals surface area (Å²) in [7, 11) is 0. The Hall–Kier alpha value is -1.14. The average Bonchev–Trinajstić information content (AvgIpc) is 2.16. The quantitative estimate of drug-likeness (QED) is 0.533. The van der Waals surface area contributed by atoms with E-state index in [2.05, 4.69) is 5.32 Å². The van der Waals surface area contributed by atoms with Crippen LogP contribution < -0.4 is 5.32 Å². The number of piperazine rings is 1. The van der Waals surface area contributed by atoms with Gasteiger partial charge in [0.15, 0.2) is 0 Å². The van der Waals surface area contributed by atoms with Gasteiger partial charge in [0.1, 0.15) is 12.1 Å². The monoisotopic (exact) mass is 202 g/mol. The predicted molar refractivity (Wildman–Crippen MR) is 48.1 cm³/mol. The molecule has 1 aliphatic rings. The summed E-state index contributed by atoms with van der Waals surface area (Å²) >= 11 is 0. The predicted octanol–water partition coefficient (Wildman–Crippen LogP) is -1.18. The van der Waals surface area contributed by atoms with E-state index in [1.165, 1.54) is 0 Å². The van der Waals surface area contributed by atoms with Crippen molar-refractivity contribution >= 4 is 11.9 Å². The third kappa shape index (κ3) is 2.43. The first kappa shape index (κ1) is 10.9. The highest BCUT2D eigenvalue weighted by molar-refractivity contribution is 5.75. The van der Waals surface area contributed by atoms with E-state index >= 15 is 0 Å². The van der Waals surface area contributed by atoms with Crippen LogP contribution in [0.25, 0.3) is 0 Å². The summed E-state index contributed by atoms with van der Waals surface area (Å²) in [5.74, 6) is -1.86. The van der Waals surface area contributed by atoms with Crippen LogP contribution in [0.3, 0.4) is 0 Å². The lowest BCUT2D eigenvalue weighted by Crippen LogP contribution is -2.57. The van der Waals surface area contributed by atoms with E-state index < -0.39 is 24.0 Å². The molecule has 1 heterocycles. The summed E-state index contributed by atoms with van der Waals surface area (Å²) in [6.07, 6.45) is 0. The second kappa shape index (κ2) is 4.39. The van der Waals surface area contributed by atoms with Crippen LogP contribution in [-0.2, 0) is 9.59 Å². The van der Waals surface area contributed by atoms with Gasteiger partial charge in [-0.1, -0.05) is 0 Å². The molecule has 14 heavy (non-hydrogen) atoms. The van der Waals surface area contributed by atoms with Gasteiger partial charge >= 0.3 is 11.9 Å². The second-order valence-electron chi connectivity index (χ2n) is 3.35. The van der Waals surface area contributed by atoms with Crippen LogP contribution in [0.2, 0.25) is 0 Å². The molecule has 2 unspecified atom stereocenters. The maximum atomic E-state index is 10.7. The molecule has 1 rings (SSSR count). The van der Waals surface area contributed by atoms with E-state index in [9.17, 15) is 9.59 Å². The molecule has 3 N–H and O–H groups in total. The first-order valence-electron chi connectivity index (χ1n) is 4.45. The number of carbonyl (C=O) groups is 2. The number of nitrogens with zero attached hydrogens (tertiary/aromatic N) is 1.